The summed E-state index contributed by atoms with van der Waals surface area (Å²) >= 11 is 6.44. The van der Waals surface area contributed by atoms with Crippen LogP contribution >= 0.6 is 11.6 Å². The van der Waals surface area contributed by atoms with Crippen molar-refractivity contribution in [3.8, 4) is 0 Å². The van der Waals surface area contributed by atoms with Gasteiger partial charge in [-0.1, -0.05) is 29.8 Å². The van der Waals surface area contributed by atoms with Gasteiger partial charge in [-0.05, 0) is 49.7 Å². The lowest BCUT2D eigenvalue weighted by atomic mass is 9.89. The van der Waals surface area contributed by atoms with Crippen molar-refractivity contribution >= 4 is 23.5 Å². The molecule has 0 aliphatic carbocycles. The SMILES string of the molecule is COC(=O)[C@]1(C)C[C@H](C(=O)NCc2ccncc2)[C@H](c2ccccc2Cl)N1C. The van der Waals surface area contributed by atoms with Crippen LogP contribution in [0.15, 0.2) is 48.8 Å². The average molecular weight is 402 g/mol. The number of carbonyl (C=O) groups excluding carboxylic acids is 2. The highest BCUT2D eigenvalue weighted by atomic mass is 35.5. The Balaban J connectivity index is 1.90. The molecule has 0 unspecified atom stereocenters. The van der Waals surface area contributed by atoms with Crippen LogP contribution in [0.2, 0.25) is 5.02 Å². The number of ether oxygens (including phenoxy) is 1. The van der Waals surface area contributed by atoms with Gasteiger partial charge in [0.15, 0.2) is 0 Å². The summed E-state index contributed by atoms with van der Waals surface area (Å²) in [5, 5.41) is 3.56. The van der Waals surface area contributed by atoms with E-state index in [-0.39, 0.29) is 17.9 Å². The third-order valence-corrected chi connectivity index (χ3v) is 5.94. The van der Waals surface area contributed by atoms with Crippen LogP contribution in [0.25, 0.3) is 0 Å². The summed E-state index contributed by atoms with van der Waals surface area (Å²) in [6.07, 6.45) is 3.71. The Hall–Kier alpha value is -2.44. The topological polar surface area (TPSA) is 71.5 Å². The van der Waals surface area contributed by atoms with E-state index in [9.17, 15) is 9.59 Å². The van der Waals surface area contributed by atoms with Gasteiger partial charge in [0.1, 0.15) is 5.54 Å². The molecule has 1 saturated heterocycles. The molecule has 0 saturated carbocycles. The zero-order chi connectivity index (χ0) is 20.3. The van der Waals surface area contributed by atoms with Crippen LogP contribution in [-0.2, 0) is 20.9 Å². The molecule has 1 aliphatic rings. The Morgan fingerprint density at radius 2 is 1.96 bits per heavy atom. The van der Waals surface area contributed by atoms with Gasteiger partial charge >= 0.3 is 5.97 Å². The Morgan fingerprint density at radius 1 is 1.29 bits per heavy atom. The summed E-state index contributed by atoms with van der Waals surface area (Å²) in [4.78, 5) is 31.5. The lowest BCUT2D eigenvalue weighted by Gasteiger charge is -2.33. The number of pyridine rings is 1. The second-order valence-corrected chi connectivity index (χ2v) is 7.63. The smallest absolute Gasteiger partial charge is 0.326 e. The molecule has 2 aromatic rings. The van der Waals surface area contributed by atoms with Crippen molar-refractivity contribution in [3.63, 3.8) is 0 Å². The van der Waals surface area contributed by atoms with Crippen LogP contribution in [0.3, 0.4) is 0 Å². The summed E-state index contributed by atoms with van der Waals surface area (Å²) in [6, 6.07) is 10.8. The van der Waals surface area contributed by atoms with Gasteiger partial charge in [0.05, 0.1) is 13.0 Å². The molecule has 1 aromatic carbocycles. The molecule has 148 valence electrons. The van der Waals surface area contributed by atoms with Crippen LogP contribution in [0.5, 0.6) is 0 Å². The second-order valence-electron chi connectivity index (χ2n) is 7.23. The predicted molar refractivity (Wildman–Crippen MR) is 107 cm³/mol. The van der Waals surface area contributed by atoms with Crippen molar-refractivity contribution in [3.05, 3.63) is 64.9 Å². The van der Waals surface area contributed by atoms with Gasteiger partial charge in [-0.3, -0.25) is 19.5 Å². The van der Waals surface area contributed by atoms with Crippen molar-refractivity contribution in [1.82, 2.24) is 15.2 Å². The first-order valence-electron chi connectivity index (χ1n) is 9.11. The first-order chi connectivity index (χ1) is 13.4. The third-order valence-electron chi connectivity index (χ3n) is 5.60. The number of aromatic nitrogens is 1. The molecule has 1 fully saturated rings. The molecule has 1 aromatic heterocycles. The largest absolute Gasteiger partial charge is 0.468 e. The lowest BCUT2D eigenvalue weighted by Crippen LogP contribution is -2.47. The minimum atomic E-state index is -0.919. The number of carbonyl (C=O) groups is 2. The number of benzene rings is 1. The maximum Gasteiger partial charge on any atom is 0.326 e. The number of nitrogens with zero attached hydrogens (tertiary/aromatic N) is 2. The van der Waals surface area contributed by atoms with Gasteiger partial charge in [0.25, 0.3) is 0 Å². The fourth-order valence-corrected chi connectivity index (χ4v) is 4.15. The first-order valence-corrected chi connectivity index (χ1v) is 9.48. The molecule has 0 radical (unpaired) electrons. The average Bonchev–Trinajstić information content (AvgIpc) is 2.99. The molecule has 3 atom stereocenters. The fraction of sp³-hybridized carbons (Fsp3) is 0.381. The molecular weight excluding hydrogens is 378 g/mol. The van der Waals surface area contributed by atoms with Crippen LogP contribution in [0.4, 0.5) is 0 Å². The van der Waals surface area contributed by atoms with Gasteiger partial charge in [-0.2, -0.15) is 0 Å². The third kappa shape index (κ3) is 3.75. The molecule has 6 nitrogen and oxygen atoms in total. The van der Waals surface area contributed by atoms with Crippen molar-refractivity contribution < 1.29 is 14.3 Å². The maximum atomic E-state index is 13.1. The highest BCUT2D eigenvalue weighted by Gasteiger charge is 2.55. The van der Waals surface area contributed by atoms with Gasteiger partial charge in [0, 0.05) is 30.0 Å². The zero-order valence-corrected chi connectivity index (χ0v) is 16.9. The number of amides is 1. The molecule has 3 rings (SSSR count). The number of nitrogens with one attached hydrogen (secondary N) is 1. The number of hydrogen-bond donors (Lipinski definition) is 1. The van der Waals surface area contributed by atoms with Gasteiger partial charge in [0.2, 0.25) is 5.91 Å². The number of halogens is 1. The van der Waals surface area contributed by atoms with Crippen LogP contribution in [0, 0.1) is 5.92 Å². The number of likely N-dealkylation sites (N-methyl/N-ethyl adjacent to an activating group) is 1. The van der Waals surface area contributed by atoms with Crippen molar-refractivity contribution in [2.75, 3.05) is 14.2 Å². The molecule has 1 N–H and O–H groups in total. The summed E-state index contributed by atoms with van der Waals surface area (Å²) in [5.41, 5.74) is 0.861. The monoisotopic (exact) mass is 401 g/mol. The Kier molecular flexibility index (Phi) is 6.01. The van der Waals surface area contributed by atoms with E-state index in [1.807, 2.05) is 42.3 Å². The standard InChI is InChI=1S/C21H24ClN3O3/c1-21(20(27)28-3)12-16(19(26)24-13-14-8-10-23-11-9-14)18(25(21)2)15-6-4-5-7-17(15)22/h4-11,16,18H,12-13H2,1-3H3,(H,24,26)/t16-,18-,21-/m0/s1. The highest BCUT2D eigenvalue weighted by molar-refractivity contribution is 6.31. The van der Waals surface area contributed by atoms with E-state index in [2.05, 4.69) is 10.3 Å². The van der Waals surface area contributed by atoms with Gasteiger partial charge in [-0.15, -0.1) is 0 Å². The molecule has 1 aliphatic heterocycles. The summed E-state index contributed by atoms with van der Waals surface area (Å²) in [6.45, 7) is 2.20. The van der Waals surface area contributed by atoms with Crippen molar-refractivity contribution in [2.45, 2.75) is 31.5 Å². The van der Waals surface area contributed by atoms with E-state index in [1.54, 1.807) is 25.4 Å². The Labute approximate surface area is 169 Å². The highest BCUT2D eigenvalue weighted by Crippen LogP contribution is 2.47. The minimum absolute atomic E-state index is 0.124. The summed E-state index contributed by atoms with van der Waals surface area (Å²) in [5.74, 6) is -0.937. The van der Waals surface area contributed by atoms with Gasteiger partial charge in [-0.25, -0.2) is 0 Å². The fourth-order valence-electron chi connectivity index (χ4n) is 3.91. The van der Waals surface area contributed by atoms with E-state index in [0.29, 0.717) is 18.0 Å². The summed E-state index contributed by atoms with van der Waals surface area (Å²) in [7, 11) is 3.20. The second kappa shape index (κ2) is 8.29. The minimum Gasteiger partial charge on any atom is -0.468 e. The number of esters is 1. The molecule has 2 heterocycles. The quantitative estimate of drug-likeness (QED) is 0.780. The lowest BCUT2D eigenvalue weighted by molar-refractivity contribution is -0.152. The van der Waals surface area contributed by atoms with E-state index in [0.717, 1.165) is 11.1 Å². The summed E-state index contributed by atoms with van der Waals surface area (Å²) < 4.78 is 5.03. The van der Waals surface area contributed by atoms with E-state index < -0.39 is 11.5 Å². The van der Waals surface area contributed by atoms with E-state index in [4.69, 9.17) is 16.3 Å². The van der Waals surface area contributed by atoms with E-state index in [1.165, 1.54) is 7.11 Å². The molecule has 1 amide bonds. The Bertz CT molecular complexity index is 861. The number of methoxy groups -OCH3 is 1. The predicted octanol–water partition coefficient (Wildman–Crippen LogP) is 2.98. The van der Waals surface area contributed by atoms with Crippen LogP contribution < -0.4 is 5.32 Å². The van der Waals surface area contributed by atoms with E-state index >= 15 is 0 Å². The molecule has 7 heteroatoms. The zero-order valence-electron chi connectivity index (χ0n) is 16.2. The Morgan fingerprint density at radius 3 is 2.61 bits per heavy atom. The number of likely N-dealkylation sites (tertiary alicyclic amines) is 1. The van der Waals surface area contributed by atoms with Crippen molar-refractivity contribution in [2.24, 2.45) is 5.92 Å². The van der Waals surface area contributed by atoms with Crippen LogP contribution in [0.1, 0.15) is 30.5 Å². The molecule has 0 spiro atoms. The van der Waals surface area contributed by atoms with Crippen LogP contribution in [-0.4, -0.2) is 41.5 Å². The van der Waals surface area contributed by atoms with Gasteiger partial charge < -0.3 is 10.1 Å². The molecular formula is C21H24ClN3O3. The molecule has 28 heavy (non-hydrogen) atoms. The number of hydrogen-bond acceptors (Lipinski definition) is 5. The normalized spacial score (nSPS) is 24.7. The molecule has 0 bridgehead atoms. The number of rotatable bonds is 5. The first kappa shape index (κ1) is 20.3. The van der Waals surface area contributed by atoms with Crippen molar-refractivity contribution in [1.29, 1.82) is 0 Å². The maximum absolute atomic E-state index is 13.1.